The van der Waals surface area contributed by atoms with E-state index in [-0.39, 0.29) is 24.2 Å². The highest BCUT2D eigenvalue weighted by molar-refractivity contribution is 5.85. The molecule has 0 unspecified atom stereocenters. The number of nitrogens with zero attached hydrogens (tertiary/aromatic N) is 2. The molecule has 2 fully saturated rings. The van der Waals surface area contributed by atoms with Crippen molar-refractivity contribution in [3.8, 4) is 11.3 Å². The SMILES string of the molecule is O=C(O)[C@@H]1C[C@@H]2CCCC[C@@H]2N1C(=O)CCc1ncc(-c2ccc(F)cc2)o1. The van der Waals surface area contributed by atoms with E-state index in [1.807, 2.05) is 0 Å². The van der Waals surface area contributed by atoms with Crippen LogP contribution < -0.4 is 0 Å². The summed E-state index contributed by atoms with van der Waals surface area (Å²) < 4.78 is 18.7. The second-order valence-electron chi connectivity index (χ2n) is 7.63. The van der Waals surface area contributed by atoms with Crippen molar-refractivity contribution in [2.75, 3.05) is 0 Å². The van der Waals surface area contributed by atoms with E-state index in [1.54, 1.807) is 23.2 Å². The van der Waals surface area contributed by atoms with Gasteiger partial charge >= 0.3 is 5.97 Å². The van der Waals surface area contributed by atoms with Gasteiger partial charge in [0, 0.05) is 24.4 Å². The summed E-state index contributed by atoms with van der Waals surface area (Å²) in [5.41, 5.74) is 0.710. The van der Waals surface area contributed by atoms with Crippen molar-refractivity contribution in [3.63, 3.8) is 0 Å². The molecule has 2 aliphatic rings. The van der Waals surface area contributed by atoms with Crippen LogP contribution in [0.3, 0.4) is 0 Å². The second kappa shape index (κ2) is 7.73. The number of carboxylic acids is 1. The Labute approximate surface area is 162 Å². The Morgan fingerprint density at radius 2 is 1.96 bits per heavy atom. The number of carboxylic acid groups (broad SMARTS) is 1. The van der Waals surface area contributed by atoms with E-state index in [9.17, 15) is 19.1 Å². The molecule has 6 nitrogen and oxygen atoms in total. The number of oxazole rings is 1. The predicted octanol–water partition coefficient (Wildman–Crippen LogP) is 3.66. The number of carbonyl (C=O) groups is 2. The number of aliphatic carboxylic acids is 1. The summed E-state index contributed by atoms with van der Waals surface area (Å²) in [6, 6.07) is 5.23. The first-order valence-electron chi connectivity index (χ1n) is 9.77. The Morgan fingerprint density at radius 1 is 1.21 bits per heavy atom. The van der Waals surface area contributed by atoms with Crippen LogP contribution in [0, 0.1) is 11.7 Å². The molecule has 1 aliphatic heterocycles. The van der Waals surface area contributed by atoms with Crippen LogP contribution >= 0.6 is 0 Å². The van der Waals surface area contributed by atoms with Gasteiger partial charge in [-0.15, -0.1) is 0 Å². The van der Waals surface area contributed by atoms with Crippen molar-refractivity contribution in [1.29, 1.82) is 0 Å². The van der Waals surface area contributed by atoms with E-state index >= 15 is 0 Å². The number of halogens is 1. The molecule has 148 valence electrons. The zero-order valence-electron chi connectivity index (χ0n) is 15.5. The zero-order valence-corrected chi connectivity index (χ0v) is 15.5. The molecule has 1 aliphatic carbocycles. The third kappa shape index (κ3) is 3.66. The number of benzene rings is 1. The number of amides is 1. The molecule has 0 spiro atoms. The van der Waals surface area contributed by atoms with E-state index in [1.165, 1.54) is 12.1 Å². The summed E-state index contributed by atoms with van der Waals surface area (Å²) in [7, 11) is 0. The van der Waals surface area contributed by atoms with Crippen LogP contribution in [0.4, 0.5) is 4.39 Å². The number of hydrogen-bond donors (Lipinski definition) is 1. The third-order valence-electron chi connectivity index (χ3n) is 5.90. The van der Waals surface area contributed by atoms with Crippen molar-refractivity contribution >= 4 is 11.9 Å². The lowest BCUT2D eigenvalue weighted by Gasteiger charge is -2.33. The Morgan fingerprint density at radius 3 is 2.71 bits per heavy atom. The molecule has 0 radical (unpaired) electrons. The van der Waals surface area contributed by atoms with Gasteiger partial charge in [0.05, 0.1) is 6.20 Å². The minimum Gasteiger partial charge on any atom is -0.480 e. The number of fused-ring (bicyclic) bond motifs is 1. The van der Waals surface area contributed by atoms with E-state index in [0.717, 1.165) is 25.7 Å². The number of carbonyl (C=O) groups excluding carboxylic acids is 1. The van der Waals surface area contributed by atoms with E-state index in [2.05, 4.69) is 4.98 Å². The molecule has 2 aromatic rings. The predicted molar refractivity (Wildman–Crippen MR) is 98.9 cm³/mol. The van der Waals surface area contributed by atoms with Gasteiger partial charge in [0.2, 0.25) is 5.91 Å². The van der Waals surface area contributed by atoms with Gasteiger partial charge in [0.1, 0.15) is 11.9 Å². The maximum Gasteiger partial charge on any atom is 0.326 e. The molecule has 7 heteroatoms. The molecule has 3 atom stereocenters. The fourth-order valence-corrected chi connectivity index (χ4v) is 4.56. The van der Waals surface area contributed by atoms with Crippen LogP contribution in [0.5, 0.6) is 0 Å². The molecule has 1 saturated heterocycles. The maximum absolute atomic E-state index is 13.0. The number of hydrogen-bond acceptors (Lipinski definition) is 4. The lowest BCUT2D eigenvalue weighted by atomic mass is 9.84. The molecule has 1 saturated carbocycles. The lowest BCUT2D eigenvalue weighted by molar-refractivity contribution is -0.149. The minimum absolute atomic E-state index is 0.0432. The summed E-state index contributed by atoms with van der Waals surface area (Å²) in [4.78, 5) is 30.3. The maximum atomic E-state index is 13.0. The Kier molecular flexibility index (Phi) is 5.15. The Bertz CT molecular complexity index is 864. The van der Waals surface area contributed by atoms with Crippen LogP contribution in [0.1, 0.15) is 44.4 Å². The fourth-order valence-electron chi connectivity index (χ4n) is 4.56. The van der Waals surface area contributed by atoms with Gasteiger partial charge in [-0.1, -0.05) is 12.8 Å². The van der Waals surface area contributed by atoms with Gasteiger partial charge in [-0.05, 0) is 49.4 Å². The average Bonchev–Trinajstić information content (AvgIpc) is 3.31. The first-order chi connectivity index (χ1) is 13.5. The zero-order chi connectivity index (χ0) is 19.7. The topological polar surface area (TPSA) is 83.6 Å². The quantitative estimate of drug-likeness (QED) is 0.848. The molecule has 0 bridgehead atoms. The summed E-state index contributed by atoms with van der Waals surface area (Å²) in [5, 5.41) is 9.56. The van der Waals surface area contributed by atoms with Gasteiger partial charge < -0.3 is 14.4 Å². The molecular formula is C21H23FN2O4. The average molecular weight is 386 g/mol. The summed E-state index contributed by atoms with van der Waals surface area (Å²) in [6.07, 6.45) is 6.61. The van der Waals surface area contributed by atoms with Crippen LogP contribution in [0.2, 0.25) is 0 Å². The molecule has 28 heavy (non-hydrogen) atoms. The van der Waals surface area contributed by atoms with Crippen LogP contribution in [-0.4, -0.2) is 39.0 Å². The highest BCUT2D eigenvalue weighted by atomic mass is 19.1. The van der Waals surface area contributed by atoms with Crippen molar-refractivity contribution in [3.05, 3.63) is 42.2 Å². The third-order valence-corrected chi connectivity index (χ3v) is 5.90. The monoisotopic (exact) mass is 386 g/mol. The van der Waals surface area contributed by atoms with Crippen molar-refractivity contribution < 1.29 is 23.5 Å². The lowest BCUT2D eigenvalue weighted by Crippen LogP contribution is -2.46. The van der Waals surface area contributed by atoms with Crippen LogP contribution in [0.25, 0.3) is 11.3 Å². The fraction of sp³-hybridized carbons (Fsp3) is 0.476. The van der Waals surface area contributed by atoms with Gasteiger partial charge in [0.15, 0.2) is 11.7 Å². The number of rotatable bonds is 5. The molecular weight excluding hydrogens is 363 g/mol. The highest BCUT2D eigenvalue weighted by Crippen LogP contribution is 2.40. The van der Waals surface area contributed by atoms with E-state index in [0.29, 0.717) is 36.0 Å². The van der Waals surface area contributed by atoms with E-state index < -0.39 is 12.0 Å². The van der Waals surface area contributed by atoms with Gasteiger partial charge in [-0.25, -0.2) is 14.2 Å². The summed E-state index contributed by atoms with van der Waals surface area (Å²) in [6.45, 7) is 0. The second-order valence-corrected chi connectivity index (χ2v) is 7.63. The molecule has 1 aromatic heterocycles. The Hall–Kier alpha value is -2.70. The Balaban J connectivity index is 1.42. The summed E-state index contributed by atoms with van der Waals surface area (Å²) >= 11 is 0. The normalized spacial score (nSPS) is 24.2. The molecule has 2 heterocycles. The molecule has 1 amide bonds. The molecule has 4 rings (SSSR count). The van der Waals surface area contributed by atoms with E-state index in [4.69, 9.17) is 4.42 Å². The number of aryl methyl sites for hydroxylation is 1. The van der Waals surface area contributed by atoms with Gasteiger partial charge in [-0.2, -0.15) is 0 Å². The first-order valence-corrected chi connectivity index (χ1v) is 9.77. The summed E-state index contributed by atoms with van der Waals surface area (Å²) in [5.74, 6) is -0.168. The van der Waals surface area contributed by atoms with Crippen LogP contribution in [0.15, 0.2) is 34.9 Å². The van der Waals surface area contributed by atoms with Gasteiger partial charge in [-0.3, -0.25) is 4.79 Å². The van der Waals surface area contributed by atoms with Crippen molar-refractivity contribution in [2.24, 2.45) is 5.92 Å². The van der Waals surface area contributed by atoms with Crippen molar-refractivity contribution in [2.45, 2.75) is 57.0 Å². The minimum atomic E-state index is -0.919. The molecule has 1 N–H and O–H groups in total. The molecule has 1 aromatic carbocycles. The number of aromatic nitrogens is 1. The first kappa shape index (κ1) is 18.7. The number of likely N-dealkylation sites (tertiary alicyclic amines) is 1. The smallest absolute Gasteiger partial charge is 0.326 e. The largest absolute Gasteiger partial charge is 0.480 e. The standard InChI is InChI=1S/C21H23FN2O4/c22-15-7-5-13(6-8-15)18-12-23-19(28-18)9-10-20(25)24-16-4-2-1-3-14(16)11-17(24)21(26)27/h5-8,12,14,16-17H,1-4,9-11H2,(H,26,27)/t14-,16-,17-/m0/s1. The van der Waals surface area contributed by atoms with Crippen LogP contribution in [-0.2, 0) is 16.0 Å². The van der Waals surface area contributed by atoms with Gasteiger partial charge in [0.25, 0.3) is 0 Å². The van der Waals surface area contributed by atoms with Crippen molar-refractivity contribution in [1.82, 2.24) is 9.88 Å². The highest BCUT2D eigenvalue weighted by Gasteiger charge is 2.47.